The van der Waals surface area contributed by atoms with Gasteiger partial charge in [-0.05, 0) is 75.4 Å². The predicted molar refractivity (Wildman–Crippen MR) is 77.8 cm³/mol. The second-order valence-corrected chi connectivity index (χ2v) is 5.60. The molecule has 100 valence electrons. The van der Waals surface area contributed by atoms with Gasteiger partial charge < -0.3 is 10.6 Å². The largest absolute Gasteiger partial charge is 0.316 e. The Kier molecular flexibility index (Phi) is 5.21. The number of rotatable bonds is 5. The van der Waals surface area contributed by atoms with E-state index in [1.54, 1.807) is 0 Å². The van der Waals surface area contributed by atoms with Crippen LogP contribution in [0.2, 0.25) is 0 Å². The van der Waals surface area contributed by atoms with Crippen molar-refractivity contribution >= 4 is 0 Å². The number of hydrogen-bond acceptors (Lipinski definition) is 2. The number of hydrogen-bond donors (Lipinski definition) is 2. The molecule has 1 fully saturated rings. The molecule has 18 heavy (non-hydrogen) atoms. The summed E-state index contributed by atoms with van der Waals surface area (Å²) in [6.45, 7) is 8.92. The topological polar surface area (TPSA) is 24.1 Å². The Morgan fingerprint density at radius 3 is 2.89 bits per heavy atom. The second-order valence-electron chi connectivity index (χ2n) is 5.60. The van der Waals surface area contributed by atoms with Gasteiger partial charge in [0.1, 0.15) is 0 Å². The summed E-state index contributed by atoms with van der Waals surface area (Å²) < 4.78 is 0. The molecule has 1 aliphatic rings. The summed E-state index contributed by atoms with van der Waals surface area (Å²) in [6, 6.07) is 6.75. The quantitative estimate of drug-likeness (QED) is 0.781. The van der Waals surface area contributed by atoms with E-state index in [-0.39, 0.29) is 0 Å². The lowest BCUT2D eigenvalue weighted by Crippen LogP contribution is -2.31. The maximum Gasteiger partial charge on any atom is 0.0205 e. The smallest absolute Gasteiger partial charge is 0.0205 e. The van der Waals surface area contributed by atoms with Crippen LogP contribution in [0.25, 0.3) is 0 Å². The van der Waals surface area contributed by atoms with Crippen molar-refractivity contribution in [3.8, 4) is 0 Å². The van der Waals surface area contributed by atoms with Crippen LogP contribution < -0.4 is 10.6 Å². The standard InChI is InChI=1S/C16H26N2/c1-13-5-6-16(10-14(13)2)12-18-9-7-15-4-3-8-17-11-15/h5-6,10,15,17-18H,3-4,7-9,11-12H2,1-2H3. The van der Waals surface area contributed by atoms with Crippen LogP contribution in [0.4, 0.5) is 0 Å². The lowest BCUT2D eigenvalue weighted by molar-refractivity contribution is 0.352. The van der Waals surface area contributed by atoms with E-state index in [2.05, 4.69) is 42.7 Å². The van der Waals surface area contributed by atoms with Gasteiger partial charge in [0, 0.05) is 6.54 Å². The van der Waals surface area contributed by atoms with E-state index < -0.39 is 0 Å². The van der Waals surface area contributed by atoms with E-state index in [1.807, 2.05) is 0 Å². The van der Waals surface area contributed by atoms with E-state index in [0.717, 1.165) is 19.0 Å². The zero-order valence-electron chi connectivity index (χ0n) is 11.8. The molecule has 1 heterocycles. The first-order valence-electron chi connectivity index (χ1n) is 7.23. The number of piperidine rings is 1. The monoisotopic (exact) mass is 246 g/mol. The van der Waals surface area contributed by atoms with E-state index in [0.29, 0.717) is 0 Å². The Morgan fingerprint density at radius 2 is 2.17 bits per heavy atom. The highest BCUT2D eigenvalue weighted by Gasteiger charge is 2.11. The van der Waals surface area contributed by atoms with Gasteiger partial charge in [0.15, 0.2) is 0 Å². The molecule has 1 atom stereocenters. The fourth-order valence-corrected chi connectivity index (χ4v) is 2.62. The Morgan fingerprint density at radius 1 is 1.28 bits per heavy atom. The Hall–Kier alpha value is -0.860. The molecule has 1 aromatic rings. The minimum absolute atomic E-state index is 0.881. The third kappa shape index (κ3) is 4.11. The van der Waals surface area contributed by atoms with Crippen LogP contribution in [0.1, 0.15) is 36.0 Å². The summed E-state index contributed by atoms with van der Waals surface area (Å²) in [4.78, 5) is 0. The summed E-state index contributed by atoms with van der Waals surface area (Å²) in [6.07, 6.45) is 4.05. The van der Waals surface area contributed by atoms with Gasteiger partial charge in [0.05, 0.1) is 0 Å². The van der Waals surface area contributed by atoms with Crippen molar-refractivity contribution < 1.29 is 0 Å². The minimum atomic E-state index is 0.881. The molecule has 0 radical (unpaired) electrons. The predicted octanol–water partition coefficient (Wildman–Crippen LogP) is 2.78. The Balaban J connectivity index is 1.66. The van der Waals surface area contributed by atoms with Crippen LogP contribution in [0, 0.1) is 19.8 Å². The van der Waals surface area contributed by atoms with Gasteiger partial charge >= 0.3 is 0 Å². The van der Waals surface area contributed by atoms with Gasteiger partial charge in [-0.1, -0.05) is 18.2 Å². The molecule has 1 aliphatic heterocycles. The number of nitrogens with one attached hydrogen (secondary N) is 2. The van der Waals surface area contributed by atoms with Gasteiger partial charge in [-0.3, -0.25) is 0 Å². The van der Waals surface area contributed by atoms with Crippen LogP contribution in [0.3, 0.4) is 0 Å². The SMILES string of the molecule is Cc1ccc(CNCCC2CCCNC2)cc1C. The normalized spacial score (nSPS) is 20.0. The minimum Gasteiger partial charge on any atom is -0.316 e. The Labute approximate surface area is 111 Å². The third-order valence-corrected chi connectivity index (χ3v) is 4.03. The molecule has 2 N–H and O–H groups in total. The van der Waals surface area contributed by atoms with E-state index in [4.69, 9.17) is 0 Å². The molecular weight excluding hydrogens is 220 g/mol. The van der Waals surface area contributed by atoms with Crippen molar-refractivity contribution in [1.29, 1.82) is 0 Å². The van der Waals surface area contributed by atoms with Gasteiger partial charge in [-0.15, -0.1) is 0 Å². The maximum absolute atomic E-state index is 3.57. The van der Waals surface area contributed by atoms with Crippen molar-refractivity contribution in [2.75, 3.05) is 19.6 Å². The molecule has 0 aromatic heterocycles. The van der Waals surface area contributed by atoms with Crippen LogP contribution in [-0.2, 0) is 6.54 Å². The van der Waals surface area contributed by atoms with E-state index in [1.165, 1.54) is 49.0 Å². The zero-order valence-corrected chi connectivity index (χ0v) is 11.8. The molecule has 1 saturated heterocycles. The van der Waals surface area contributed by atoms with Crippen molar-refractivity contribution in [3.63, 3.8) is 0 Å². The van der Waals surface area contributed by atoms with Crippen molar-refractivity contribution in [1.82, 2.24) is 10.6 Å². The summed E-state index contributed by atoms with van der Waals surface area (Å²) in [5.41, 5.74) is 4.18. The van der Waals surface area contributed by atoms with E-state index >= 15 is 0 Å². The first-order valence-corrected chi connectivity index (χ1v) is 7.23. The molecule has 0 bridgehead atoms. The van der Waals surface area contributed by atoms with E-state index in [9.17, 15) is 0 Å². The fourth-order valence-electron chi connectivity index (χ4n) is 2.62. The lowest BCUT2D eigenvalue weighted by atomic mass is 9.96. The van der Waals surface area contributed by atoms with Crippen molar-refractivity contribution in [2.24, 2.45) is 5.92 Å². The van der Waals surface area contributed by atoms with Crippen molar-refractivity contribution in [2.45, 2.75) is 39.7 Å². The van der Waals surface area contributed by atoms with Gasteiger partial charge in [0.2, 0.25) is 0 Å². The number of benzene rings is 1. The lowest BCUT2D eigenvalue weighted by Gasteiger charge is -2.22. The first-order chi connectivity index (χ1) is 8.75. The van der Waals surface area contributed by atoms with Crippen LogP contribution in [0.15, 0.2) is 18.2 Å². The molecule has 1 aromatic carbocycles. The Bertz CT molecular complexity index is 367. The molecule has 0 spiro atoms. The molecule has 2 nitrogen and oxygen atoms in total. The first kappa shape index (κ1) is 13.6. The van der Waals surface area contributed by atoms with Crippen LogP contribution in [0.5, 0.6) is 0 Å². The summed E-state index contributed by atoms with van der Waals surface area (Å²) in [5, 5.41) is 7.05. The molecule has 0 amide bonds. The average Bonchev–Trinajstić information content (AvgIpc) is 2.40. The third-order valence-electron chi connectivity index (χ3n) is 4.03. The molecule has 0 aliphatic carbocycles. The molecule has 0 saturated carbocycles. The highest BCUT2D eigenvalue weighted by Crippen LogP contribution is 2.13. The van der Waals surface area contributed by atoms with Crippen LogP contribution in [-0.4, -0.2) is 19.6 Å². The zero-order chi connectivity index (χ0) is 12.8. The van der Waals surface area contributed by atoms with Gasteiger partial charge in [-0.25, -0.2) is 0 Å². The summed E-state index contributed by atoms with van der Waals surface area (Å²) >= 11 is 0. The molecular formula is C16H26N2. The molecule has 2 rings (SSSR count). The molecule has 1 unspecified atom stereocenters. The van der Waals surface area contributed by atoms with Crippen molar-refractivity contribution in [3.05, 3.63) is 34.9 Å². The average molecular weight is 246 g/mol. The van der Waals surface area contributed by atoms with Crippen LogP contribution >= 0.6 is 0 Å². The maximum atomic E-state index is 3.57. The van der Waals surface area contributed by atoms with Gasteiger partial charge in [0.25, 0.3) is 0 Å². The summed E-state index contributed by atoms with van der Waals surface area (Å²) in [5.74, 6) is 0.881. The van der Waals surface area contributed by atoms with Gasteiger partial charge in [-0.2, -0.15) is 0 Å². The molecule has 2 heteroatoms. The highest BCUT2D eigenvalue weighted by molar-refractivity contribution is 5.29. The second kappa shape index (κ2) is 6.91. The highest BCUT2D eigenvalue weighted by atomic mass is 14.9. The fraction of sp³-hybridized carbons (Fsp3) is 0.625. The summed E-state index contributed by atoms with van der Waals surface area (Å²) in [7, 11) is 0. The number of aryl methyl sites for hydroxylation is 2.